The van der Waals surface area contributed by atoms with Gasteiger partial charge >= 0.3 is 0 Å². The Morgan fingerprint density at radius 2 is 1.96 bits per heavy atom. The number of amides is 1. The van der Waals surface area contributed by atoms with Crippen molar-refractivity contribution in [3.63, 3.8) is 0 Å². The van der Waals surface area contributed by atoms with E-state index in [1.807, 2.05) is 44.2 Å². The number of hydrogen-bond acceptors (Lipinski definition) is 6. The van der Waals surface area contributed by atoms with E-state index >= 15 is 0 Å². The molecule has 5 nitrogen and oxygen atoms in total. The van der Waals surface area contributed by atoms with Crippen molar-refractivity contribution in [2.75, 3.05) is 5.32 Å². The van der Waals surface area contributed by atoms with E-state index in [0.29, 0.717) is 10.9 Å². The molecule has 0 unspecified atom stereocenters. The maximum Gasteiger partial charge on any atom is 0.293 e. The molecule has 0 radical (unpaired) electrons. The fourth-order valence-corrected chi connectivity index (χ4v) is 4.76. The topological polar surface area (TPSA) is 68.0 Å². The number of aryl methyl sites for hydroxylation is 3. The molecule has 0 bridgehead atoms. The molecule has 0 aliphatic heterocycles. The van der Waals surface area contributed by atoms with Crippen molar-refractivity contribution in [1.29, 1.82) is 0 Å². The molecular weight excluding hydrogens is 390 g/mol. The van der Waals surface area contributed by atoms with Crippen molar-refractivity contribution in [3.8, 4) is 0 Å². The van der Waals surface area contributed by atoms with Crippen LogP contribution in [0.4, 0.5) is 5.13 Å². The van der Waals surface area contributed by atoms with Gasteiger partial charge in [0.2, 0.25) is 5.13 Å². The van der Waals surface area contributed by atoms with E-state index in [1.165, 1.54) is 22.5 Å². The van der Waals surface area contributed by atoms with Crippen LogP contribution in [0.25, 0.3) is 11.0 Å². The maximum absolute atomic E-state index is 12.6. The van der Waals surface area contributed by atoms with E-state index in [1.54, 1.807) is 11.8 Å². The number of nitrogens with zero attached hydrogens (tertiary/aromatic N) is 2. The normalized spacial score (nSPS) is 11.1. The van der Waals surface area contributed by atoms with Gasteiger partial charge in [0.1, 0.15) is 5.58 Å². The summed E-state index contributed by atoms with van der Waals surface area (Å²) in [7, 11) is 0. The summed E-state index contributed by atoms with van der Waals surface area (Å²) in [4.78, 5) is 12.6. The first-order valence-electron chi connectivity index (χ1n) is 8.83. The molecule has 1 N–H and O–H groups in total. The Kier molecular flexibility index (Phi) is 5.19. The van der Waals surface area contributed by atoms with Crippen LogP contribution in [-0.2, 0) is 5.75 Å². The van der Waals surface area contributed by atoms with Gasteiger partial charge in [0, 0.05) is 16.7 Å². The molecule has 1 amide bonds. The molecule has 0 fully saturated rings. The van der Waals surface area contributed by atoms with Crippen LogP contribution < -0.4 is 5.32 Å². The van der Waals surface area contributed by atoms with Gasteiger partial charge in [-0.25, -0.2) is 0 Å². The second-order valence-electron chi connectivity index (χ2n) is 6.60. The van der Waals surface area contributed by atoms with Crippen molar-refractivity contribution in [3.05, 3.63) is 70.5 Å². The van der Waals surface area contributed by atoms with Gasteiger partial charge < -0.3 is 4.42 Å². The third-order valence-electron chi connectivity index (χ3n) is 4.54. The summed E-state index contributed by atoms with van der Waals surface area (Å²) < 4.78 is 6.59. The first-order valence-corrected chi connectivity index (χ1v) is 10.6. The third kappa shape index (κ3) is 3.81. The number of aromatic nitrogens is 2. The Morgan fingerprint density at radius 3 is 2.79 bits per heavy atom. The van der Waals surface area contributed by atoms with Crippen molar-refractivity contribution in [1.82, 2.24) is 10.2 Å². The summed E-state index contributed by atoms with van der Waals surface area (Å²) in [5.74, 6) is 0.819. The number of rotatable bonds is 5. The summed E-state index contributed by atoms with van der Waals surface area (Å²) in [6.07, 6.45) is 0. The number of carbonyl (C=O) groups is 1. The lowest BCUT2D eigenvalue weighted by Crippen LogP contribution is -2.11. The van der Waals surface area contributed by atoms with E-state index in [2.05, 4.69) is 34.6 Å². The largest absolute Gasteiger partial charge is 0.451 e. The Balaban J connectivity index is 1.46. The van der Waals surface area contributed by atoms with Crippen LogP contribution in [0.15, 0.2) is 51.2 Å². The number of fused-ring (bicyclic) bond motifs is 1. The molecule has 4 aromatic rings. The van der Waals surface area contributed by atoms with Gasteiger partial charge in [0.05, 0.1) is 0 Å². The average molecular weight is 410 g/mol. The monoisotopic (exact) mass is 409 g/mol. The van der Waals surface area contributed by atoms with E-state index < -0.39 is 0 Å². The van der Waals surface area contributed by atoms with Crippen molar-refractivity contribution in [2.24, 2.45) is 0 Å². The Morgan fingerprint density at radius 1 is 1.14 bits per heavy atom. The highest BCUT2D eigenvalue weighted by atomic mass is 32.2. The average Bonchev–Trinajstić information content (AvgIpc) is 3.25. The zero-order valence-electron chi connectivity index (χ0n) is 15.8. The molecule has 0 aliphatic carbocycles. The lowest BCUT2D eigenvalue weighted by Gasteiger charge is -2.02. The molecule has 0 aliphatic rings. The number of carbonyl (C=O) groups excluding carboxylic acids is 1. The minimum absolute atomic E-state index is 0.307. The molecule has 2 aromatic carbocycles. The maximum atomic E-state index is 12.6. The van der Waals surface area contributed by atoms with E-state index in [0.717, 1.165) is 32.2 Å². The van der Waals surface area contributed by atoms with Crippen LogP contribution in [0.2, 0.25) is 0 Å². The van der Waals surface area contributed by atoms with Gasteiger partial charge in [0.25, 0.3) is 5.91 Å². The van der Waals surface area contributed by atoms with Crippen molar-refractivity contribution in [2.45, 2.75) is 30.9 Å². The molecule has 2 heterocycles. The predicted molar refractivity (Wildman–Crippen MR) is 114 cm³/mol. The van der Waals surface area contributed by atoms with Crippen LogP contribution in [0.5, 0.6) is 0 Å². The van der Waals surface area contributed by atoms with Gasteiger partial charge in [-0.3, -0.25) is 10.1 Å². The predicted octanol–water partition coefficient (Wildman–Crippen LogP) is 5.75. The molecule has 4 rings (SSSR count). The zero-order valence-corrected chi connectivity index (χ0v) is 17.4. The van der Waals surface area contributed by atoms with Gasteiger partial charge in [-0.2, -0.15) is 0 Å². The zero-order chi connectivity index (χ0) is 19.7. The van der Waals surface area contributed by atoms with Gasteiger partial charge in [-0.05, 0) is 43.5 Å². The second kappa shape index (κ2) is 7.77. The standard InChI is InChI=1S/C21H19N3O2S2/c1-12-8-9-16-14(3)18(26-17(16)10-12)19(25)22-20-23-24-21(28-20)27-11-15-7-5-4-6-13(15)2/h4-10H,11H2,1-3H3,(H,22,23,25). The smallest absolute Gasteiger partial charge is 0.293 e. The molecule has 0 saturated heterocycles. The quantitative estimate of drug-likeness (QED) is 0.335. The number of nitrogens with one attached hydrogen (secondary N) is 1. The summed E-state index contributed by atoms with van der Waals surface area (Å²) >= 11 is 2.97. The lowest BCUT2D eigenvalue weighted by molar-refractivity contribution is 0.0998. The summed E-state index contributed by atoms with van der Waals surface area (Å²) in [6, 6.07) is 14.2. The van der Waals surface area contributed by atoms with E-state index in [-0.39, 0.29) is 5.91 Å². The van der Waals surface area contributed by atoms with E-state index in [4.69, 9.17) is 4.42 Å². The number of furan rings is 1. The second-order valence-corrected chi connectivity index (χ2v) is 8.80. The van der Waals surface area contributed by atoms with Gasteiger partial charge in [-0.15, -0.1) is 10.2 Å². The Bertz CT molecular complexity index is 1160. The lowest BCUT2D eigenvalue weighted by atomic mass is 10.1. The van der Waals surface area contributed by atoms with Crippen LogP contribution in [0, 0.1) is 20.8 Å². The molecule has 7 heteroatoms. The molecule has 0 atom stereocenters. The van der Waals surface area contributed by atoms with Crippen molar-refractivity contribution >= 4 is 45.1 Å². The summed E-state index contributed by atoms with van der Waals surface area (Å²) in [6.45, 7) is 5.98. The SMILES string of the molecule is Cc1ccc2c(C)c(C(=O)Nc3nnc(SCc4ccccc4C)s3)oc2c1. The Labute approximate surface area is 171 Å². The van der Waals surface area contributed by atoms with Crippen molar-refractivity contribution < 1.29 is 9.21 Å². The fourth-order valence-electron chi connectivity index (χ4n) is 2.93. The highest BCUT2D eigenvalue weighted by Gasteiger charge is 2.19. The first-order chi connectivity index (χ1) is 13.5. The van der Waals surface area contributed by atoms with E-state index in [9.17, 15) is 4.79 Å². The molecule has 0 saturated carbocycles. The summed E-state index contributed by atoms with van der Waals surface area (Å²) in [5.41, 5.74) is 5.15. The van der Waals surface area contributed by atoms with Crippen LogP contribution in [0.1, 0.15) is 32.8 Å². The highest BCUT2D eigenvalue weighted by molar-refractivity contribution is 8.00. The molecule has 142 valence electrons. The summed E-state index contributed by atoms with van der Waals surface area (Å²) in [5, 5.41) is 12.5. The minimum atomic E-state index is -0.307. The molecular formula is C21H19N3O2S2. The van der Waals surface area contributed by atoms with Crippen LogP contribution >= 0.6 is 23.1 Å². The van der Waals surface area contributed by atoms with Gasteiger partial charge in [0.15, 0.2) is 10.1 Å². The molecule has 0 spiro atoms. The van der Waals surface area contributed by atoms with Gasteiger partial charge in [-0.1, -0.05) is 59.5 Å². The molecule has 2 aromatic heterocycles. The Hall–Kier alpha value is -2.64. The molecule has 28 heavy (non-hydrogen) atoms. The highest BCUT2D eigenvalue weighted by Crippen LogP contribution is 2.30. The van der Waals surface area contributed by atoms with Crippen LogP contribution in [0.3, 0.4) is 0 Å². The first kappa shape index (κ1) is 18.7. The number of hydrogen-bond donors (Lipinski definition) is 1. The fraction of sp³-hybridized carbons (Fsp3) is 0.190. The third-order valence-corrected chi connectivity index (χ3v) is 6.56. The number of thioether (sulfide) groups is 1. The number of benzene rings is 2. The van der Waals surface area contributed by atoms with Crippen LogP contribution in [-0.4, -0.2) is 16.1 Å². The minimum Gasteiger partial charge on any atom is -0.451 e. The number of anilines is 1.